The fourth-order valence-corrected chi connectivity index (χ4v) is 3.91. The maximum atomic E-state index is 5.61. The molecule has 0 amide bonds. The van der Waals surface area contributed by atoms with Crippen LogP contribution in [-0.4, -0.2) is 46.2 Å². The molecule has 0 aliphatic carbocycles. The van der Waals surface area contributed by atoms with Gasteiger partial charge in [0.15, 0.2) is 0 Å². The zero-order chi connectivity index (χ0) is 22.5. The molecule has 2 N–H and O–H groups in total. The fourth-order valence-electron chi connectivity index (χ4n) is 3.91. The van der Waals surface area contributed by atoms with Crippen LogP contribution in [0.4, 0.5) is 0 Å². The lowest BCUT2D eigenvalue weighted by Gasteiger charge is -2.06. The Bertz CT molecular complexity index is 274. The summed E-state index contributed by atoms with van der Waals surface area (Å²) in [7, 11) is 0. The Morgan fingerprint density at radius 1 is 0.355 bits per heavy atom. The van der Waals surface area contributed by atoms with Crippen LogP contribution in [0.1, 0.15) is 129 Å². The van der Waals surface area contributed by atoms with Gasteiger partial charge in [0, 0.05) is 13.2 Å². The highest BCUT2D eigenvalue weighted by molar-refractivity contribution is 4.50. The first-order chi connectivity index (χ1) is 15.4. The number of ether oxygens (including phenoxy) is 3. The molecule has 0 atom stereocenters. The van der Waals surface area contributed by atoms with Gasteiger partial charge in [-0.2, -0.15) is 0 Å². The van der Waals surface area contributed by atoms with Crippen LogP contribution in [-0.2, 0) is 14.2 Å². The lowest BCUT2D eigenvalue weighted by molar-refractivity contribution is 0.0153. The predicted octanol–water partition coefficient (Wildman–Crippen LogP) is 7.43. The third-order valence-electron chi connectivity index (χ3n) is 5.90. The normalized spacial score (nSPS) is 11.4. The summed E-state index contributed by atoms with van der Waals surface area (Å²) in [6.07, 6.45) is 26.9. The molecule has 0 saturated heterocycles. The van der Waals surface area contributed by atoms with Gasteiger partial charge in [0.1, 0.15) is 0 Å². The summed E-state index contributed by atoms with van der Waals surface area (Å²) in [6.45, 7) is 6.94. The van der Waals surface area contributed by atoms with Crippen LogP contribution in [0.2, 0.25) is 0 Å². The second-order valence-corrected chi connectivity index (χ2v) is 8.99. The second kappa shape index (κ2) is 29.8. The Balaban J connectivity index is 2.98. The van der Waals surface area contributed by atoms with Crippen LogP contribution in [0.3, 0.4) is 0 Å². The minimum Gasteiger partial charge on any atom is -0.379 e. The van der Waals surface area contributed by atoms with E-state index in [0.29, 0.717) is 39.6 Å². The van der Waals surface area contributed by atoms with Crippen LogP contribution < -0.4 is 5.73 Å². The molecule has 0 aliphatic heterocycles. The average Bonchev–Trinajstić information content (AvgIpc) is 2.78. The Kier molecular flexibility index (Phi) is 29.7. The van der Waals surface area contributed by atoms with Gasteiger partial charge in [0.2, 0.25) is 0 Å². The molecule has 188 valence electrons. The number of unbranched alkanes of at least 4 members (excludes halogenated alkanes) is 18. The molecule has 0 aliphatic rings. The third-order valence-corrected chi connectivity index (χ3v) is 5.90. The van der Waals surface area contributed by atoms with Crippen LogP contribution >= 0.6 is 0 Å². The first kappa shape index (κ1) is 30.8. The largest absolute Gasteiger partial charge is 0.379 e. The third kappa shape index (κ3) is 29.8. The topological polar surface area (TPSA) is 53.7 Å². The highest BCUT2D eigenvalue weighted by Crippen LogP contribution is 2.14. The molecule has 0 fully saturated rings. The van der Waals surface area contributed by atoms with Gasteiger partial charge >= 0.3 is 0 Å². The summed E-state index contributed by atoms with van der Waals surface area (Å²) in [5, 5.41) is 0. The van der Waals surface area contributed by atoms with E-state index < -0.39 is 0 Å². The van der Waals surface area contributed by atoms with Crippen molar-refractivity contribution in [1.82, 2.24) is 0 Å². The molecule has 0 aromatic rings. The molecule has 0 radical (unpaired) electrons. The van der Waals surface area contributed by atoms with Crippen LogP contribution in [0.15, 0.2) is 0 Å². The van der Waals surface area contributed by atoms with Crippen molar-refractivity contribution in [3.63, 3.8) is 0 Å². The molecule has 0 unspecified atom stereocenters. The Morgan fingerprint density at radius 2 is 0.645 bits per heavy atom. The SMILES string of the molecule is CCCCCCCCCCCCCCCCCCCCCOCCOCCOCCN. The van der Waals surface area contributed by atoms with E-state index in [2.05, 4.69) is 6.92 Å². The van der Waals surface area contributed by atoms with E-state index >= 15 is 0 Å². The molecular weight excluding hydrogens is 386 g/mol. The van der Waals surface area contributed by atoms with E-state index in [4.69, 9.17) is 19.9 Å². The standard InChI is InChI=1S/C27H57NO3/c1-2-3-4-5-6-7-8-9-10-11-12-13-14-15-16-17-18-19-20-22-29-24-26-31-27-25-30-23-21-28/h2-28H2,1H3. The summed E-state index contributed by atoms with van der Waals surface area (Å²) in [4.78, 5) is 0. The first-order valence-corrected chi connectivity index (χ1v) is 13.8. The van der Waals surface area contributed by atoms with Gasteiger partial charge in [0.05, 0.1) is 33.0 Å². The van der Waals surface area contributed by atoms with Crippen molar-refractivity contribution in [1.29, 1.82) is 0 Å². The van der Waals surface area contributed by atoms with Gasteiger partial charge in [-0.1, -0.05) is 122 Å². The first-order valence-electron chi connectivity index (χ1n) is 13.8. The van der Waals surface area contributed by atoms with Crippen LogP contribution in [0.5, 0.6) is 0 Å². The Morgan fingerprint density at radius 3 is 1.00 bits per heavy atom. The van der Waals surface area contributed by atoms with E-state index in [0.717, 1.165) is 6.61 Å². The van der Waals surface area contributed by atoms with Crippen molar-refractivity contribution in [2.75, 3.05) is 46.2 Å². The van der Waals surface area contributed by atoms with Gasteiger partial charge in [-0.3, -0.25) is 0 Å². The number of nitrogens with two attached hydrogens (primary N) is 1. The molecule has 4 heteroatoms. The van der Waals surface area contributed by atoms with Gasteiger partial charge in [-0.05, 0) is 6.42 Å². The monoisotopic (exact) mass is 443 g/mol. The molecular formula is C27H57NO3. The smallest absolute Gasteiger partial charge is 0.0701 e. The quantitative estimate of drug-likeness (QED) is 0.128. The molecule has 0 saturated carbocycles. The fraction of sp³-hybridized carbons (Fsp3) is 1.00. The summed E-state index contributed by atoms with van der Waals surface area (Å²) >= 11 is 0. The summed E-state index contributed by atoms with van der Waals surface area (Å²) in [6, 6.07) is 0. The van der Waals surface area contributed by atoms with Crippen molar-refractivity contribution in [2.24, 2.45) is 5.73 Å². The Labute approximate surface area is 195 Å². The van der Waals surface area contributed by atoms with Crippen molar-refractivity contribution < 1.29 is 14.2 Å². The average molecular weight is 444 g/mol. The maximum Gasteiger partial charge on any atom is 0.0701 e. The molecule has 0 spiro atoms. The summed E-state index contributed by atoms with van der Waals surface area (Å²) in [5.74, 6) is 0. The minimum atomic E-state index is 0.572. The van der Waals surface area contributed by atoms with E-state index in [1.165, 1.54) is 122 Å². The molecule has 0 rings (SSSR count). The van der Waals surface area contributed by atoms with Crippen LogP contribution in [0.25, 0.3) is 0 Å². The zero-order valence-corrected chi connectivity index (χ0v) is 21.2. The summed E-state index contributed by atoms with van der Waals surface area (Å²) in [5.41, 5.74) is 5.35. The van der Waals surface area contributed by atoms with Crippen LogP contribution in [0, 0.1) is 0 Å². The molecule has 4 nitrogen and oxygen atoms in total. The van der Waals surface area contributed by atoms with Gasteiger partial charge in [0.25, 0.3) is 0 Å². The maximum absolute atomic E-state index is 5.61. The van der Waals surface area contributed by atoms with Crippen molar-refractivity contribution in [3.8, 4) is 0 Å². The van der Waals surface area contributed by atoms with Crippen molar-refractivity contribution >= 4 is 0 Å². The highest BCUT2D eigenvalue weighted by Gasteiger charge is 1.96. The van der Waals surface area contributed by atoms with Crippen molar-refractivity contribution in [3.05, 3.63) is 0 Å². The molecule has 0 bridgehead atoms. The summed E-state index contributed by atoms with van der Waals surface area (Å²) < 4.78 is 16.3. The molecule has 31 heavy (non-hydrogen) atoms. The molecule has 0 aromatic heterocycles. The lowest BCUT2D eigenvalue weighted by Crippen LogP contribution is -2.13. The Hall–Kier alpha value is -0.160. The van der Waals surface area contributed by atoms with E-state index in [9.17, 15) is 0 Å². The molecule has 0 aromatic carbocycles. The zero-order valence-electron chi connectivity index (χ0n) is 21.2. The number of hydrogen-bond acceptors (Lipinski definition) is 4. The highest BCUT2D eigenvalue weighted by atomic mass is 16.5. The van der Waals surface area contributed by atoms with E-state index in [1.807, 2.05) is 0 Å². The molecule has 0 heterocycles. The van der Waals surface area contributed by atoms with E-state index in [1.54, 1.807) is 0 Å². The van der Waals surface area contributed by atoms with E-state index in [-0.39, 0.29) is 0 Å². The number of hydrogen-bond donors (Lipinski definition) is 1. The second-order valence-electron chi connectivity index (χ2n) is 8.99. The van der Waals surface area contributed by atoms with Gasteiger partial charge in [-0.15, -0.1) is 0 Å². The van der Waals surface area contributed by atoms with Crippen molar-refractivity contribution in [2.45, 2.75) is 129 Å². The minimum absolute atomic E-state index is 0.572. The van der Waals surface area contributed by atoms with Gasteiger partial charge in [-0.25, -0.2) is 0 Å². The lowest BCUT2D eigenvalue weighted by atomic mass is 10.0. The number of rotatable bonds is 28. The van der Waals surface area contributed by atoms with Gasteiger partial charge < -0.3 is 19.9 Å². The predicted molar refractivity (Wildman–Crippen MR) is 135 cm³/mol.